The van der Waals surface area contributed by atoms with E-state index in [0.717, 1.165) is 28.5 Å². The zero-order chi connectivity index (χ0) is 21.3. The summed E-state index contributed by atoms with van der Waals surface area (Å²) in [6, 6.07) is 19.7. The predicted molar refractivity (Wildman–Crippen MR) is 115 cm³/mol. The molecule has 3 aromatic carbocycles. The van der Waals surface area contributed by atoms with Gasteiger partial charge in [0.05, 0.1) is 16.0 Å². The number of fused-ring (bicyclic) bond motifs is 1. The zero-order valence-corrected chi connectivity index (χ0v) is 16.8. The molecule has 4 rings (SSSR count). The number of aromatic nitrogens is 2. The Morgan fingerprint density at radius 3 is 2.47 bits per heavy atom. The maximum Gasteiger partial charge on any atom is 0.310 e. The molecule has 30 heavy (non-hydrogen) atoms. The van der Waals surface area contributed by atoms with E-state index in [1.165, 1.54) is 18.2 Å². The molecule has 0 spiro atoms. The van der Waals surface area contributed by atoms with Crippen molar-refractivity contribution in [1.29, 1.82) is 0 Å². The fraction of sp³-hybridized carbons (Fsp3) is 0.0952. The molecule has 0 radical (unpaired) electrons. The van der Waals surface area contributed by atoms with Crippen molar-refractivity contribution in [1.82, 2.24) is 9.55 Å². The molecule has 1 heterocycles. The summed E-state index contributed by atoms with van der Waals surface area (Å²) in [6.07, 6.45) is 2.72. The van der Waals surface area contributed by atoms with Crippen LogP contribution >= 0.6 is 0 Å². The lowest BCUT2D eigenvalue weighted by atomic mass is 10.2. The first kappa shape index (κ1) is 19.6. The highest BCUT2D eigenvalue weighted by molar-refractivity contribution is 7.90. The Kier molecular flexibility index (Phi) is 4.96. The summed E-state index contributed by atoms with van der Waals surface area (Å²) in [5, 5.41) is 14.5. The first-order valence-electron chi connectivity index (χ1n) is 9.07. The number of hydrogen-bond acceptors (Lipinski definition) is 6. The summed E-state index contributed by atoms with van der Waals surface area (Å²) in [7, 11) is -3.72. The van der Waals surface area contributed by atoms with Crippen LogP contribution in [0.4, 0.5) is 11.4 Å². The first-order valence-corrected chi connectivity index (χ1v) is 11.0. The van der Waals surface area contributed by atoms with Crippen LogP contribution < -0.4 is 5.32 Å². The standard InChI is InChI=1S/C21H18N4O4S/c1-30(28,29)20-8-4-6-18(21(20)25(26)27)22-13-15-9-11-16(12-10-15)24-14-23-17-5-2-3-7-19(17)24/h2-12,14,22H,13H2,1H3. The maximum atomic E-state index is 11.9. The lowest BCUT2D eigenvalue weighted by molar-refractivity contribution is -0.386. The van der Waals surface area contributed by atoms with Crippen LogP contribution in [0.1, 0.15) is 5.56 Å². The third-order valence-electron chi connectivity index (χ3n) is 4.73. The molecule has 0 aliphatic rings. The number of imidazole rings is 1. The Morgan fingerprint density at radius 2 is 1.77 bits per heavy atom. The molecule has 0 unspecified atom stereocenters. The van der Waals surface area contributed by atoms with Gasteiger partial charge in [-0.1, -0.05) is 30.3 Å². The Balaban J connectivity index is 1.58. The van der Waals surface area contributed by atoms with Gasteiger partial charge in [-0.15, -0.1) is 0 Å². The van der Waals surface area contributed by atoms with Crippen molar-refractivity contribution >= 4 is 32.2 Å². The van der Waals surface area contributed by atoms with Crippen LogP contribution in [0.5, 0.6) is 0 Å². The number of anilines is 1. The van der Waals surface area contributed by atoms with Gasteiger partial charge in [-0.25, -0.2) is 13.4 Å². The van der Waals surface area contributed by atoms with Crippen LogP contribution in [0, 0.1) is 10.1 Å². The summed E-state index contributed by atoms with van der Waals surface area (Å²) in [6.45, 7) is 0.305. The average Bonchev–Trinajstić information content (AvgIpc) is 3.16. The van der Waals surface area contributed by atoms with Gasteiger partial charge in [0.2, 0.25) is 0 Å². The first-order chi connectivity index (χ1) is 14.3. The van der Waals surface area contributed by atoms with Crippen molar-refractivity contribution in [2.24, 2.45) is 0 Å². The van der Waals surface area contributed by atoms with Crippen LogP contribution in [-0.2, 0) is 16.4 Å². The molecule has 0 amide bonds. The van der Waals surface area contributed by atoms with Gasteiger partial charge in [-0.2, -0.15) is 0 Å². The number of benzene rings is 3. The van der Waals surface area contributed by atoms with Crippen molar-refractivity contribution in [3.8, 4) is 5.69 Å². The summed E-state index contributed by atoms with van der Waals surface area (Å²) < 4.78 is 25.8. The van der Waals surface area contributed by atoms with Crippen molar-refractivity contribution < 1.29 is 13.3 Å². The van der Waals surface area contributed by atoms with Gasteiger partial charge in [-0.3, -0.25) is 14.7 Å². The largest absolute Gasteiger partial charge is 0.375 e. The van der Waals surface area contributed by atoms with Gasteiger partial charge < -0.3 is 5.32 Å². The van der Waals surface area contributed by atoms with Gasteiger partial charge in [0.15, 0.2) is 9.84 Å². The molecule has 8 nitrogen and oxygen atoms in total. The van der Waals surface area contributed by atoms with Crippen molar-refractivity contribution in [2.75, 3.05) is 11.6 Å². The van der Waals surface area contributed by atoms with Crippen LogP contribution in [0.15, 0.2) is 78.0 Å². The maximum absolute atomic E-state index is 11.9. The van der Waals surface area contributed by atoms with Gasteiger partial charge in [0.25, 0.3) is 0 Å². The van der Waals surface area contributed by atoms with Crippen LogP contribution in [0.2, 0.25) is 0 Å². The highest BCUT2D eigenvalue weighted by atomic mass is 32.2. The molecule has 9 heteroatoms. The summed E-state index contributed by atoms with van der Waals surface area (Å²) in [5.74, 6) is 0. The molecule has 1 aromatic heterocycles. The molecule has 1 N–H and O–H groups in total. The molecule has 0 saturated heterocycles. The van der Waals surface area contributed by atoms with E-state index in [4.69, 9.17) is 0 Å². The normalized spacial score (nSPS) is 11.5. The summed E-state index contributed by atoms with van der Waals surface area (Å²) in [4.78, 5) is 14.9. The van der Waals surface area contributed by atoms with Gasteiger partial charge in [0, 0.05) is 18.5 Å². The zero-order valence-electron chi connectivity index (χ0n) is 16.0. The topological polar surface area (TPSA) is 107 Å². The summed E-state index contributed by atoms with van der Waals surface area (Å²) in [5.41, 5.74) is 3.45. The van der Waals surface area contributed by atoms with Crippen molar-refractivity contribution in [2.45, 2.75) is 11.4 Å². The fourth-order valence-corrected chi connectivity index (χ4v) is 4.15. The van der Waals surface area contributed by atoms with E-state index in [1.54, 1.807) is 6.33 Å². The lowest BCUT2D eigenvalue weighted by Gasteiger charge is -2.10. The number of para-hydroxylation sites is 3. The lowest BCUT2D eigenvalue weighted by Crippen LogP contribution is -2.07. The smallest absolute Gasteiger partial charge is 0.310 e. The van der Waals surface area contributed by atoms with E-state index < -0.39 is 20.4 Å². The van der Waals surface area contributed by atoms with E-state index >= 15 is 0 Å². The molecular formula is C21H18N4O4S. The molecule has 0 bridgehead atoms. The number of rotatable bonds is 6. The average molecular weight is 422 g/mol. The van der Waals surface area contributed by atoms with Crippen molar-refractivity contribution in [3.63, 3.8) is 0 Å². The number of hydrogen-bond donors (Lipinski definition) is 1. The van der Waals surface area contributed by atoms with Crippen molar-refractivity contribution in [3.05, 3.63) is 88.7 Å². The molecule has 152 valence electrons. The second kappa shape index (κ2) is 7.60. The second-order valence-corrected chi connectivity index (χ2v) is 8.79. The third kappa shape index (κ3) is 3.74. The summed E-state index contributed by atoms with van der Waals surface area (Å²) >= 11 is 0. The molecule has 0 atom stereocenters. The SMILES string of the molecule is CS(=O)(=O)c1cccc(NCc2ccc(-n3cnc4ccccc43)cc2)c1[N+](=O)[O-]. The quantitative estimate of drug-likeness (QED) is 0.372. The Morgan fingerprint density at radius 1 is 1.03 bits per heavy atom. The number of nitro benzene ring substituents is 1. The monoisotopic (exact) mass is 422 g/mol. The van der Waals surface area contributed by atoms with Gasteiger partial charge in [-0.05, 0) is 42.0 Å². The number of nitrogens with zero attached hydrogens (tertiary/aromatic N) is 3. The molecule has 4 aromatic rings. The van der Waals surface area contributed by atoms with Crippen LogP contribution in [0.25, 0.3) is 16.7 Å². The van der Waals surface area contributed by atoms with E-state index in [2.05, 4.69) is 10.3 Å². The minimum atomic E-state index is -3.72. The van der Waals surface area contributed by atoms with E-state index in [9.17, 15) is 18.5 Å². The van der Waals surface area contributed by atoms with Crippen LogP contribution in [-0.4, -0.2) is 29.1 Å². The van der Waals surface area contributed by atoms with E-state index in [0.29, 0.717) is 6.54 Å². The molecule has 0 saturated carbocycles. The van der Waals surface area contributed by atoms with Crippen LogP contribution in [0.3, 0.4) is 0 Å². The molecule has 0 fully saturated rings. The second-order valence-electron chi connectivity index (χ2n) is 6.80. The number of nitrogens with one attached hydrogen (secondary N) is 1. The molecule has 0 aliphatic heterocycles. The fourth-order valence-electron chi connectivity index (χ4n) is 3.29. The Hall–Kier alpha value is -3.72. The number of nitro groups is 1. The minimum Gasteiger partial charge on any atom is -0.375 e. The molecular weight excluding hydrogens is 404 g/mol. The van der Waals surface area contributed by atoms with Gasteiger partial charge in [0.1, 0.15) is 16.9 Å². The molecule has 0 aliphatic carbocycles. The van der Waals surface area contributed by atoms with E-state index in [1.807, 2.05) is 53.1 Å². The Labute approximate surface area is 172 Å². The third-order valence-corrected chi connectivity index (χ3v) is 5.86. The van der Waals surface area contributed by atoms with E-state index in [-0.39, 0.29) is 10.6 Å². The highest BCUT2D eigenvalue weighted by Gasteiger charge is 2.25. The minimum absolute atomic E-state index is 0.160. The van der Waals surface area contributed by atoms with Gasteiger partial charge >= 0.3 is 5.69 Å². The predicted octanol–water partition coefficient (Wildman–Crippen LogP) is 3.95. The Bertz CT molecular complexity index is 1350. The number of sulfone groups is 1. The highest BCUT2D eigenvalue weighted by Crippen LogP contribution is 2.32.